The van der Waals surface area contributed by atoms with Gasteiger partial charge in [-0.15, -0.1) is 4.68 Å². The zero-order valence-electron chi connectivity index (χ0n) is 57.2. The molecule has 5 N–H and O–H groups in total. The monoisotopic (exact) mass is 1710 g/mol. The number of nitrogens with zero attached hydrogens (tertiary/aromatic N) is 4. The normalized spacial score (nSPS) is 16.5. The molecule has 6 aromatic carbocycles. The molecule has 18 nitrogen and oxygen atoms in total. The lowest BCUT2D eigenvalue weighted by Gasteiger charge is -2.23. The van der Waals surface area contributed by atoms with E-state index in [9.17, 15) is 33.6 Å². The third-order valence-corrected chi connectivity index (χ3v) is 18.3. The van der Waals surface area contributed by atoms with Crippen molar-refractivity contribution in [2.24, 2.45) is 16.8 Å². The van der Waals surface area contributed by atoms with Gasteiger partial charge >= 0.3 is 30.1 Å². The lowest BCUT2D eigenvalue weighted by atomic mass is 9.98. The van der Waals surface area contributed by atoms with Gasteiger partial charge in [0.2, 0.25) is 11.8 Å². The number of imide groups is 1. The standard InChI is InChI=1S/C19H18BrNO3.C16H17BrN2O.C11H17N3O2.C11H12O2.2C9H9BrO2.4H2S/c1-13(15-7-9-16(20)10-8-15)18(22)21-17(12-24-19(21)23)11-14-5-3-2-4-6-14;1-10(11-4-6-13(17)7-5-11)16(20)19-14-8-15(18-9-14)12-2-3-12;1-11(2,3)16-10(15)14-9(12)6-8(13-14)7-4-5-7;12-11-7-10(8-13-11)6-9-4-2-1-3-5-9;2*1-6(9(11)12)7-2-4-8(10)5-3-7;;;;/h2-10,13,17H,11-12H2,1H3;4-8,10,12H,2-3,9H2,1H3,(H,19,20);6-7H,4-5,12H2,1-3H3;1-5,10H,6-8H2;2*2-6H,1H3,(H,11,12);4*1H2/t13-,17-;10-;;10-;6-;;;;;/m00.10...../s1. The summed E-state index contributed by atoms with van der Waals surface area (Å²) in [6.07, 6.45) is 7.85. The highest BCUT2D eigenvalue weighted by Crippen LogP contribution is 2.40. The van der Waals surface area contributed by atoms with Crippen molar-refractivity contribution in [2.45, 2.75) is 135 Å². The van der Waals surface area contributed by atoms with E-state index in [2.05, 4.69) is 91.3 Å². The van der Waals surface area contributed by atoms with Crippen LogP contribution in [0, 0.1) is 11.8 Å². The number of carbonyl (C=O) groups is 7. The number of nitrogens with two attached hydrogens (primary N) is 1. The number of esters is 1. The summed E-state index contributed by atoms with van der Waals surface area (Å²) in [6, 6.07) is 51.6. The minimum absolute atomic E-state index is 0. The number of aliphatic carboxylic acids is 2. The number of rotatable bonds is 15. The number of cyclic esters (lactones) is 2. The lowest BCUT2D eigenvalue weighted by molar-refractivity contribution is -0.139. The van der Waals surface area contributed by atoms with Gasteiger partial charge in [0, 0.05) is 53.1 Å². The Kier molecular flexibility index (Phi) is 37.6. The Morgan fingerprint density at radius 2 is 1.02 bits per heavy atom. The van der Waals surface area contributed by atoms with Gasteiger partial charge in [0.1, 0.15) is 18.0 Å². The van der Waals surface area contributed by atoms with Gasteiger partial charge in [-0.05, 0) is 175 Å². The van der Waals surface area contributed by atoms with Crippen LogP contribution in [-0.4, -0.2) is 104 Å². The van der Waals surface area contributed by atoms with E-state index in [0.717, 1.165) is 86.8 Å². The smallest absolute Gasteiger partial charge is 0.437 e. The van der Waals surface area contributed by atoms with Crippen molar-refractivity contribution < 1.29 is 58.0 Å². The molecule has 4 heterocycles. The third-order valence-electron chi connectivity index (χ3n) is 16.2. The molecule has 1 aromatic heterocycles. The highest BCUT2D eigenvalue weighted by molar-refractivity contribution is 9.11. The molecule has 2 aliphatic carbocycles. The minimum Gasteiger partial charge on any atom is -0.481 e. The first-order valence-electron chi connectivity index (χ1n) is 32.0. The molecule has 101 heavy (non-hydrogen) atoms. The maximum absolute atomic E-state index is 12.9. The predicted octanol–water partition coefficient (Wildman–Crippen LogP) is 17.2. The number of nitrogen functional groups attached to an aromatic ring is 1. The molecule has 4 fully saturated rings. The van der Waals surface area contributed by atoms with E-state index in [0.29, 0.717) is 49.6 Å². The van der Waals surface area contributed by atoms with Crippen molar-refractivity contribution in [1.29, 1.82) is 0 Å². The first-order valence-corrected chi connectivity index (χ1v) is 35.1. The molecular formula is C75H90Br4N6O12S4. The van der Waals surface area contributed by atoms with E-state index < -0.39 is 47.5 Å². The number of carboxylic acids is 2. The van der Waals surface area contributed by atoms with Crippen LogP contribution in [0.25, 0.3) is 0 Å². The molecule has 26 heteroatoms. The summed E-state index contributed by atoms with van der Waals surface area (Å²) in [5.74, 6) is -1.40. The summed E-state index contributed by atoms with van der Waals surface area (Å²) < 4.78 is 20.3. The molecule has 0 radical (unpaired) electrons. The number of anilines is 1. The first kappa shape index (κ1) is 88.6. The minimum atomic E-state index is -0.794. The molecule has 0 spiro atoms. The molecule has 3 aliphatic heterocycles. The number of carbonyl (C=O) groups excluding carboxylic acids is 5. The number of ether oxygens (including phenoxy) is 3. The quantitative estimate of drug-likeness (QED) is 0.0550. The van der Waals surface area contributed by atoms with Crippen molar-refractivity contribution in [1.82, 2.24) is 20.0 Å². The lowest BCUT2D eigenvalue weighted by Crippen LogP contribution is -2.42. The number of allylic oxidation sites excluding steroid dienone is 1. The molecule has 6 atom stereocenters. The second kappa shape index (κ2) is 42.8. The zero-order valence-corrected chi connectivity index (χ0v) is 67.6. The topological polar surface area (TPSA) is 259 Å². The maximum atomic E-state index is 12.9. The molecule has 12 rings (SSSR count). The van der Waals surface area contributed by atoms with Gasteiger partial charge in [-0.25, -0.2) is 14.5 Å². The Morgan fingerprint density at radius 3 is 1.43 bits per heavy atom. The summed E-state index contributed by atoms with van der Waals surface area (Å²) in [5, 5.41) is 24.6. The number of carboxylic acid groups (broad SMARTS) is 2. The van der Waals surface area contributed by atoms with Crippen LogP contribution in [0.2, 0.25) is 0 Å². The van der Waals surface area contributed by atoms with E-state index in [1.54, 1.807) is 19.9 Å². The largest absolute Gasteiger partial charge is 0.481 e. The summed E-state index contributed by atoms with van der Waals surface area (Å²) in [7, 11) is 0. The van der Waals surface area contributed by atoms with E-state index in [-0.39, 0.29) is 90.3 Å². The molecule has 5 aliphatic rings. The molecule has 1 unspecified atom stereocenters. The number of nitrogens with one attached hydrogen (secondary N) is 1. The number of amides is 3. The van der Waals surface area contributed by atoms with Crippen LogP contribution in [0.1, 0.15) is 149 Å². The summed E-state index contributed by atoms with van der Waals surface area (Å²) >= 11 is 13.4. The summed E-state index contributed by atoms with van der Waals surface area (Å²) in [5.41, 5.74) is 14.1. The van der Waals surface area contributed by atoms with Gasteiger partial charge in [-0.3, -0.25) is 29.0 Å². The highest BCUT2D eigenvalue weighted by atomic mass is 79.9. The van der Waals surface area contributed by atoms with Crippen molar-refractivity contribution >= 4 is 171 Å². The number of aromatic nitrogens is 2. The Morgan fingerprint density at radius 1 is 0.594 bits per heavy atom. The van der Waals surface area contributed by atoms with Gasteiger partial charge < -0.3 is 35.5 Å². The fourth-order valence-electron chi connectivity index (χ4n) is 10.1. The fourth-order valence-corrected chi connectivity index (χ4v) is 11.1. The molecule has 7 aromatic rings. The van der Waals surface area contributed by atoms with Crippen LogP contribution >= 0.6 is 118 Å². The number of halogens is 4. The van der Waals surface area contributed by atoms with Crippen molar-refractivity contribution in [3.05, 3.63) is 233 Å². The molecule has 2 saturated carbocycles. The molecule has 544 valence electrons. The van der Waals surface area contributed by atoms with Crippen molar-refractivity contribution in [3.63, 3.8) is 0 Å². The van der Waals surface area contributed by atoms with Gasteiger partial charge in [0.05, 0.1) is 55.0 Å². The second-order valence-electron chi connectivity index (χ2n) is 25.2. The zero-order chi connectivity index (χ0) is 70.5. The number of aliphatic imine (C=N–C) groups is 1. The van der Waals surface area contributed by atoms with Crippen LogP contribution in [0.15, 0.2) is 198 Å². The van der Waals surface area contributed by atoms with Crippen LogP contribution < -0.4 is 11.1 Å². The van der Waals surface area contributed by atoms with Crippen LogP contribution in [0.3, 0.4) is 0 Å². The Hall–Kier alpha value is -6.65. The average molecular weight is 1720 g/mol. The van der Waals surface area contributed by atoms with Crippen LogP contribution in [0.4, 0.5) is 15.4 Å². The Bertz CT molecular complexity index is 3820. The van der Waals surface area contributed by atoms with E-state index in [1.165, 1.54) is 23.3 Å². The Labute approximate surface area is 653 Å². The average Bonchev–Trinajstić information content (AvgIpc) is 1.71. The summed E-state index contributed by atoms with van der Waals surface area (Å²) in [6.45, 7) is 14.0. The third kappa shape index (κ3) is 29.2. The van der Waals surface area contributed by atoms with E-state index in [1.807, 2.05) is 186 Å². The van der Waals surface area contributed by atoms with Crippen molar-refractivity contribution in [2.75, 3.05) is 25.5 Å². The van der Waals surface area contributed by atoms with E-state index >= 15 is 0 Å². The van der Waals surface area contributed by atoms with Crippen LogP contribution in [0.5, 0.6) is 0 Å². The molecule has 0 bridgehead atoms. The van der Waals surface area contributed by atoms with Gasteiger partial charge in [-0.1, -0.05) is 173 Å². The van der Waals surface area contributed by atoms with Crippen molar-refractivity contribution in [3.8, 4) is 0 Å². The Balaban J connectivity index is 0.000000319. The molecule has 3 amide bonds. The SMILES string of the molecule is CC(C(=O)O)c1ccc(Br)cc1.CC(C)(C)OC(=O)n1nc(C2CC2)cc1N.C[C@H](C(=O)N1C(=O)OC[C@@H]1Cc1ccccc1)c1ccc(Br)cc1.C[C@H](C(=O)NC1=CC(C2CC2)=NC1)c1ccc(Br)cc1.C[C@H](C(=O)O)c1ccc(Br)cc1.O=C1C[C@@H](Cc2ccccc2)CO1.S.S.S.S. The number of hydrogen-bond acceptors (Lipinski definition) is 13. The highest BCUT2D eigenvalue weighted by Gasteiger charge is 2.40. The fraction of sp³-hybridized carbons (Fsp3) is 0.347. The van der Waals surface area contributed by atoms with Gasteiger partial charge in [-0.2, -0.15) is 59.1 Å². The molecular weight excluding hydrogens is 1620 g/mol. The predicted molar refractivity (Wildman–Crippen MR) is 430 cm³/mol. The summed E-state index contributed by atoms with van der Waals surface area (Å²) in [4.78, 5) is 86.7. The number of benzene rings is 6. The maximum Gasteiger partial charge on any atom is 0.437 e. The van der Waals surface area contributed by atoms with Crippen LogP contribution in [-0.2, 0) is 51.0 Å². The number of hydrogen-bond donors (Lipinski definition) is 4. The second-order valence-corrected chi connectivity index (χ2v) is 28.8. The molecule has 2 saturated heterocycles. The van der Waals surface area contributed by atoms with Gasteiger partial charge in [0.15, 0.2) is 0 Å². The van der Waals surface area contributed by atoms with Gasteiger partial charge in [0.25, 0.3) is 0 Å². The van der Waals surface area contributed by atoms with E-state index in [4.69, 9.17) is 30.2 Å². The first-order chi connectivity index (χ1) is 46.1.